The first kappa shape index (κ1) is 27.1. The first-order valence-electron chi connectivity index (χ1n) is 12.3. The molecule has 1 aliphatic rings. The molecule has 198 valence electrons. The summed E-state index contributed by atoms with van der Waals surface area (Å²) in [5.41, 5.74) is 2.63. The summed E-state index contributed by atoms with van der Waals surface area (Å²) in [4.78, 5) is 41.4. The molecule has 38 heavy (non-hydrogen) atoms. The first-order chi connectivity index (χ1) is 18.2. The molecule has 0 spiro atoms. The number of fused-ring (bicyclic) bond motifs is 1. The lowest BCUT2D eigenvalue weighted by atomic mass is 9.89. The van der Waals surface area contributed by atoms with E-state index in [0.29, 0.717) is 22.7 Å². The number of para-hydroxylation sites is 1. The van der Waals surface area contributed by atoms with Crippen LogP contribution in [0.5, 0.6) is 5.75 Å². The molecule has 0 saturated carbocycles. The van der Waals surface area contributed by atoms with Gasteiger partial charge >= 0.3 is 12.3 Å². The van der Waals surface area contributed by atoms with Crippen molar-refractivity contribution in [2.75, 3.05) is 16.4 Å². The molecule has 3 aromatic rings. The van der Waals surface area contributed by atoms with E-state index in [2.05, 4.69) is 4.74 Å². The molecule has 1 unspecified atom stereocenters. The second kappa shape index (κ2) is 11.6. The first-order valence-corrected chi connectivity index (χ1v) is 12.6. The van der Waals surface area contributed by atoms with Gasteiger partial charge in [0.05, 0.1) is 12.6 Å². The Balaban J connectivity index is 1.61. The van der Waals surface area contributed by atoms with E-state index in [1.807, 2.05) is 43.3 Å². The van der Waals surface area contributed by atoms with Crippen LogP contribution in [0.4, 0.5) is 15.8 Å². The molecule has 7 nitrogen and oxygen atoms in total. The van der Waals surface area contributed by atoms with Gasteiger partial charge in [-0.1, -0.05) is 29.8 Å². The molecule has 2 amide bonds. The van der Waals surface area contributed by atoms with Crippen LogP contribution in [0.25, 0.3) is 0 Å². The maximum Gasteiger partial charge on any atom is 0.381 e. The summed E-state index contributed by atoms with van der Waals surface area (Å²) in [6, 6.07) is 20.0. The van der Waals surface area contributed by atoms with Crippen LogP contribution in [-0.2, 0) is 14.3 Å². The van der Waals surface area contributed by atoms with Gasteiger partial charge in [0, 0.05) is 34.9 Å². The van der Waals surface area contributed by atoms with Gasteiger partial charge in [-0.05, 0) is 80.4 Å². The highest BCUT2D eigenvalue weighted by atomic mass is 35.5. The van der Waals surface area contributed by atoms with Crippen molar-refractivity contribution in [3.05, 3.63) is 88.9 Å². The van der Waals surface area contributed by atoms with Gasteiger partial charge in [-0.3, -0.25) is 9.59 Å². The van der Waals surface area contributed by atoms with E-state index in [9.17, 15) is 18.8 Å². The number of esters is 1. The number of anilines is 2. The Labute approximate surface area is 225 Å². The minimum atomic E-state index is -2.26. The summed E-state index contributed by atoms with van der Waals surface area (Å²) < 4.78 is 23.5. The molecule has 4 rings (SSSR count). The monoisotopic (exact) mass is 538 g/mol. The average molecular weight is 539 g/mol. The van der Waals surface area contributed by atoms with Crippen molar-refractivity contribution in [1.29, 1.82) is 0 Å². The number of carbonyl (C=O) groups is 3. The average Bonchev–Trinajstić information content (AvgIpc) is 2.90. The zero-order valence-corrected chi connectivity index (χ0v) is 22.0. The second-order valence-electron chi connectivity index (χ2n) is 8.91. The van der Waals surface area contributed by atoms with E-state index >= 15 is 0 Å². The third kappa shape index (κ3) is 5.65. The Hall–Kier alpha value is -3.91. The number of ether oxygens (including phenoxy) is 2. The van der Waals surface area contributed by atoms with Gasteiger partial charge in [-0.25, -0.2) is 4.79 Å². The standard InChI is InChI=1S/C29H28ClFN2O5/c1-4-37-29(36)27(31)38-23-15-9-20(10-16-23)28(35)32-18(2)17-26(24-7-5-6-8-25(24)32)33(19(3)34)22-13-11-21(30)12-14-22/h5-16,18,26-27H,4,17H2,1-3H3/t18-,26+,27?/m0/s1. The summed E-state index contributed by atoms with van der Waals surface area (Å²) in [5, 5.41) is 0.575. The Kier molecular flexibility index (Phi) is 8.32. The van der Waals surface area contributed by atoms with Gasteiger partial charge in [0.25, 0.3) is 5.91 Å². The zero-order valence-electron chi connectivity index (χ0n) is 21.3. The molecule has 3 atom stereocenters. The topological polar surface area (TPSA) is 76.2 Å². The molecule has 1 aliphatic heterocycles. The molecule has 3 aromatic carbocycles. The quantitative estimate of drug-likeness (QED) is 0.339. The lowest BCUT2D eigenvalue weighted by Gasteiger charge is -2.43. The smallest absolute Gasteiger partial charge is 0.381 e. The van der Waals surface area contributed by atoms with Crippen molar-refractivity contribution in [3.63, 3.8) is 0 Å². The number of amides is 2. The Morgan fingerprint density at radius 3 is 2.34 bits per heavy atom. The summed E-state index contributed by atoms with van der Waals surface area (Å²) in [5.74, 6) is -1.39. The van der Waals surface area contributed by atoms with Crippen molar-refractivity contribution >= 4 is 40.8 Å². The lowest BCUT2D eigenvalue weighted by Crippen LogP contribution is -2.47. The number of hydrogen-bond donors (Lipinski definition) is 0. The number of nitrogens with zero attached hydrogens (tertiary/aromatic N) is 2. The number of rotatable bonds is 7. The van der Waals surface area contributed by atoms with E-state index in [1.54, 1.807) is 28.9 Å². The predicted molar refractivity (Wildman–Crippen MR) is 143 cm³/mol. The van der Waals surface area contributed by atoms with Crippen LogP contribution in [0.1, 0.15) is 49.2 Å². The van der Waals surface area contributed by atoms with Crippen LogP contribution in [-0.4, -0.2) is 36.8 Å². The van der Waals surface area contributed by atoms with Crippen LogP contribution >= 0.6 is 11.6 Å². The van der Waals surface area contributed by atoms with E-state index in [0.717, 1.165) is 11.3 Å². The Morgan fingerprint density at radius 2 is 1.71 bits per heavy atom. The fraction of sp³-hybridized carbons (Fsp3) is 0.276. The molecule has 0 N–H and O–H groups in total. The van der Waals surface area contributed by atoms with Crippen LogP contribution in [0.2, 0.25) is 5.02 Å². The number of halogens is 2. The molecular weight excluding hydrogens is 511 g/mol. The van der Waals surface area contributed by atoms with Gasteiger partial charge in [-0.15, -0.1) is 0 Å². The van der Waals surface area contributed by atoms with Crippen molar-refractivity contribution in [1.82, 2.24) is 0 Å². The summed E-state index contributed by atoms with van der Waals surface area (Å²) in [6.07, 6.45) is -1.75. The molecule has 0 radical (unpaired) electrons. The van der Waals surface area contributed by atoms with Gasteiger partial charge in [-0.2, -0.15) is 4.39 Å². The van der Waals surface area contributed by atoms with Crippen molar-refractivity contribution in [2.45, 2.75) is 45.6 Å². The molecule has 0 saturated heterocycles. The van der Waals surface area contributed by atoms with E-state index < -0.39 is 12.3 Å². The van der Waals surface area contributed by atoms with Crippen molar-refractivity contribution in [2.24, 2.45) is 0 Å². The second-order valence-corrected chi connectivity index (χ2v) is 9.35. The fourth-order valence-corrected chi connectivity index (χ4v) is 4.84. The van der Waals surface area contributed by atoms with E-state index in [4.69, 9.17) is 16.3 Å². The van der Waals surface area contributed by atoms with Crippen LogP contribution < -0.4 is 14.5 Å². The lowest BCUT2D eigenvalue weighted by molar-refractivity contribution is -0.159. The minimum Gasteiger partial charge on any atom is -0.461 e. The SMILES string of the molecule is CCOC(=O)C(F)Oc1ccc(C(=O)N2c3ccccc3[C@H](N(C(C)=O)c3ccc(Cl)cc3)C[C@@H]2C)cc1. The van der Waals surface area contributed by atoms with Gasteiger partial charge in [0.15, 0.2) is 0 Å². The highest BCUT2D eigenvalue weighted by Crippen LogP contribution is 2.43. The van der Waals surface area contributed by atoms with E-state index in [-0.39, 0.29) is 36.3 Å². The molecule has 0 fully saturated rings. The van der Waals surface area contributed by atoms with Crippen LogP contribution in [0, 0.1) is 0 Å². The van der Waals surface area contributed by atoms with E-state index in [1.165, 1.54) is 31.2 Å². The number of carbonyl (C=O) groups excluding carboxylic acids is 3. The predicted octanol–water partition coefficient (Wildman–Crippen LogP) is 6.11. The molecule has 9 heteroatoms. The van der Waals surface area contributed by atoms with Gasteiger partial charge in [0.2, 0.25) is 5.91 Å². The Bertz CT molecular complexity index is 1320. The maximum atomic E-state index is 13.9. The highest BCUT2D eigenvalue weighted by Gasteiger charge is 2.38. The van der Waals surface area contributed by atoms with Crippen LogP contribution in [0.15, 0.2) is 72.8 Å². The third-order valence-electron chi connectivity index (χ3n) is 6.35. The number of hydrogen-bond acceptors (Lipinski definition) is 5. The highest BCUT2D eigenvalue weighted by molar-refractivity contribution is 6.30. The molecular formula is C29H28ClFN2O5. The third-order valence-corrected chi connectivity index (χ3v) is 6.60. The maximum absolute atomic E-state index is 13.9. The van der Waals surface area contributed by atoms with Gasteiger partial charge in [0.1, 0.15) is 5.75 Å². The number of benzene rings is 3. The molecule has 0 aliphatic carbocycles. The summed E-state index contributed by atoms with van der Waals surface area (Å²) in [7, 11) is 0. The van der Waals surface area contributed by atoms with Crippen molar-refractivity contribution in [3.8, 4) is 5.75 Å². The largest absolute Gasteiger partial charge is 0.461 e. The summed E-state index contributed by atoms with van der Waals surface area (Å²) >= 11 is 6.06. The molecule has 0 bridgehead atoms. The molecule has 1 heterocycles. The van der Waals surface area contributed by atoms with Crippen LogP contribution in [0.3, 0.4) is 0 Å². The van der Waals surface area contributed by atoms with Crippen molar-refractivity contribution < 1.29 is 28.2 Å². The summed E-state index contributed by atoms with van der Waals surface area (Å²) in [6.45, 7) is 5.07. The Morgan fingerprint density at radius 1 is 1.05 bits per heavy atom. The minimum absolute atomic E-state index is 0.0380. The fourth-order valence-electron chi connectivity index (χ4n) is 4.71. The van der Waals surface area contributed by atoms with Gasteiger partial charge < -0.3 is 19.3 Å². The number of alkyl halides is 1. The molecule has 0 aromatic heterocycles. The zero-order chi connectivity index (χ0) is 27.4. The normalized spacial score (nSPS) is 17.2.